The molecule has 1 aliphatic heterocycles. The lowest BCUT2D eigenvalue weighted by molar-refractivity contribution is -0.0333. The van der Waals surface area contributed by atoms with Crippen LogP contribution in [0.2, 0.25) is 0 Å². The van der Waals surface area contributed by atoms with Crippen LogP contribution in [0.25, 0.3) is 0 Å². The number of hydrogen-bond acceptors (Lipinski definition) is 2. The highest BCUT2D eigenvalue weighted by Crippen LogP contribution is 2.33. The summed E-state index contributed by atoms with van der Waals surface area (Å²) < 4.78 is 0. The SMILES string of the molecule is CCC1C(O)=NOC1(C)CC. The lowest BCUT2D eigenvalue weighted by Crippen LogP contribution is -2.34. The molecule has 11 heavy (non-hydrogen) atoms. The Hall–Kier alpha value is -0.730. The minimum atomic E-state index is -0.279. The molecule has 1 N–H and O–H groups in total. The normalized spacial score (nSPS) is 36.6. The monoisotopic (exact) mass is 157 g/mol. The second-order valence-electron chi connectivity index (χ2n) is 3.17. The van der Waals surface area contributed by atoms with Gasteiger partial charge < -0.3 is 9.94 Å². The second-order valence-corrected chi connectivity index (χ2v) is 3.17. The molecule has 0 amide bonds. The van der Waals surface area contributed by atoms with Crippen molar-refractivity contribution in [1.29, 1.82) is 0 Å². The van der Waals surface area contributed by atoms with Crippen molar-refractivity contribution in [2.45, 2.75) is 39.2 Å². The van der Waals surface area contributed by atoms with Crippen LogP contribution in [0.15, 0.2) is 5.16 Å². The van der Waals surface area contributed by atoms with E-state index in [0.29, 0.717) is 0 Å². The average molecular weight is 157 g/mol. The van der Waals surface area contributed by atoms with Gasteiger partial charge in [0.1, 0.15) is 5.60 Å². The van der Waals surface area contributed by atoms with Gasteiger partial charge in [0.05, 0.1) is 5.92 Å². The summed E-state index contributed by atoms with van der Waals surface area (Å²) in [6.07, 6.45) is 1.75. The van der Waals surface area contributed by atoms with Gasteiger partial charge in [0.25, 0.3) is 0 Å². The minimum Gasteiger partial charge on any atom is -0.494 e. The summed E-state index contributed by atoms with van der Waals surface area (Å²) in [4.78, 5) is 5.14. The van der Waals surface area contributed by atoms with Gasteiger partial charge in [-0.15, -0.1) is 0 Å². The third-order valence-corrected chi connectivity index (χ3v) is 2.51. The van der Waals surface area contributed by atoms with Gasteiger partial charge in [-0.2, -0.15) is 0 Å². The molecule has 0 bridgehead atoms. The Labute approximate surface area is 67.0 Å². The van der Waals surface area contributed by atoms with Crippen molar-refractivity contribution in [3.05, 3.63) is 0 Å². The minimum absolute atomic E-state index is 0.0764. The van der Waals surface area contributed by atoms with Crippen molar-refractivity contribution in [2.24, 2.45) is 11.1 Å². The third kappa shape index (κ3) is 1.19. The average Bonchev–Trinajstić information content (AvgIpc) is 2.29. The molecular weight excluding hydrogens is 142 g/mol. The van der Waals surface area contributed by atoms with E-state index in [4.69, 9.17) is 4.84 Å². The number of aliphatic hydroxyl groups excluding tert-OH is 1. The maximum absolute atomic E-state index is 9.28. The molecule has 1 heterocycles. The zero-order valence-corrected chi connectivity index (χ0v) is 7.29. The smallest absolute Gasteiger partial charge is 0.230 e. The molecule has 3 nitrogen and oxygen atoms in total. The summed E-state index contributed by atoms with van der Waals surface area (Å²) in [6, 6.07) is 0. The Kier molecular flexibility index (Phi) is 2.07. The highest BCUT2D eigenvalue weighted by atomic mass is 16.7. The van der Waals surface area contributed by atoms with Gasteiger partial charge in [0, 0.05) is 0 Å². The second kappa shape index (κ2) is 2.72. The van der Waals surface area contributed by atoms with Crippen LogP contribution in [-0.4, -0.2) is 16.6 Å². The van der Waals surface area contributed by atoms with Crippen molar-refractivity contribution in [3.63, 3.8) is 0 Å². The molecule has 0 aliphatic carbocycles. The van der Waals surface area contributed by atoms with Crippen LogP contribution in [-0.2, 0) is 4.84 Å². The molecule has 1 rings (SSSR count). The molecule has 0 fully saturated rings. The zero-order chi connectivity index (χ0) is 8.48. The van der Waals surface area contributed by atoms with Crippen LogP contribution >= 0.6 is 0 Å². The van der Waals surface area contributed by atoms with Gasteiger partial charge in [-0.1, -0.05) is 19.0 Å². The quantitative estimate of drug-likeness (QED) is 0.666. The molecule has 0 spiro atoms. The molecule has 64 valence electrons. The summed E-state index contributed by atoms with van der Waals surface area (Å²) in [6.45, 7) is 6.05. The molecule has 0 aromatic rings. The summed E-state index contributed by atoms with van der Waals surface area (Å²) in [5, 5.41) is 12.9. The van der Waals surface area contributed by atoms with Crippen LogP contribution in [0.3, 0.4) is 0 Å². The Morgan fingerprint density at radius 1 is 1.64 bits per heavy atom. The fraction of sp³-hybridized carbons (Fsp3) is 0.875. The van der Waals surface area contributed by atoms with Gasteiger partial charge in [-0.3, -0.25) is 0 Å². The molecular formula is C8H15NO2. The number of aliphatic hydroxyl groups is 1. The summed E-state index contributed by atoms with van der Waals surface area (Å²) in [7, 11) is 0. The van der Waals surface area contributed by atoms with Crippen molar-refractivity contribution in [2.75, 3.05) is 0 Å². The highest BCUT2D eigenvalue weighted by molar-refractivity contribution is 5.78. The van der Waals surface area contributed by atoms with Crippen LogP contribution in [0.1, 0.15) is 33.6 Å². The van der Waals surface area contributed by atoms with Gasteiger partial charge in [-0.05, 0) is 19.8 Å². The lowest BCUT2D eigenvalue weighted by Gasteiger charge is -2.25. The van der Waals surface area contributed by atoms with Gasteiger partial charge in [0.15, 0.2) is 0 Å². The first-order valence-electron chi connectivity index (χ1n) is 4.09. The fourth-order valence-electron chi connectivity index (χ4n) is 1.48. The largest absolute Gasteiger partial charge is 0.494 e. The molecule has 0 saturated heterocycles. The predicted molar refractivity (Wildman–Crippen MR) is 43.6 cm³/mol. The summed E-state index contributed by atoms with van der Waals surface area (Å²) in [5.74, 6) is 0.226. The van der Waals surface area contributed by atoms with E-state index in [1.54, 1.807) is 0 Å². The van der Waals surface area contributed by atoms with Crippen LogP contribution in [0.4, 0.5) is 0 Å². The highest BCUT2D eigenvalue weighted by Gasteiger charge is 2.42. The van der Waals surface area contributed by atoms with E-state index < -0.39 is 0 Å². The van der Waals surface area contributed by atoms with Crippen LogP contribution in [0, 0.1) is 5.92 Å². The first kappa shape index (κ1) is 8.37. The number of rotatable bonds is 2. The van der Waals surface area contributed by atoms with E-state index in [0.717, 1.165) is 12.8 Å². The van der Waals surface area contributed by atoms with E-state index in [9.17, 15) is 5.11 Å². The maximum atomic E-state index is 9.28. The maximum Gasteiger partial charge on any atom is 0.230 e. The molecule has 0 aromatic carbocycles. The summed E-state index contributed by atoms with van der Waals surface area (Å²) in [5.41, 5.74) is -0.279. The van der Waals surface area contributed by atoms with Crippen molar-refractivity contribution in [3.8, 4) is 0 Å². The Bertz CT molecular complexity index is 179. The van der Waals surface area contributed by atoms with Crippen molar-refractivity contribution >= 4 is 5.90 Å². The van der Waals surface area contributed by atoms with E-state index in [2.05, 4.69) is 5.16 Å². The molecule has 0 radical (unpaired) electrons. The van der Waals surface area contributed by atoms with Crippen LogP contribution < -0.4 is 0 Å². The first-order chi connectivity index (χ1) is 5.14. The Morgan fingerprint density at radius 3 is 2.64 bits per heavy atom. The molecule has 2 unspecified atom stereocenters. The molecule has 0 saturated carbocycles. The molecule has 1 aliphatic rings. The van der Waals surface area contributed by atoms with E-state index >= 15 is 0 Å². The molecule has 3 heteroatoms. The number of nitrogens with zero attached hydrogens (tertiary/aromatic N) is 1. The Morgan fingerprint density at radius 2 is 2.27 bits per heavy atom. The van der Waals surface area contributed by atoms with Crippen molar-refractivity contribution < 1.29 is 9.94 Å². The number of oxime groups is 1. The topological polar surface area (TPSA) is 41.8 Å². The molecule has 2 atom stereocenters. The fourth-order valence-corrected chi connectivity index (χ4v) is 1.48. The first-order valence-corrected chi connectivity index (χ1v) is 4.09. The lowest BCUT2D eigenvalue weighted by atomic mass is 9.85. The van der Waals surface area contributed by atoms with Gasteiger partial charge in [-0.25, -0.2) is 0 Å². The van der Waals surface area contributed by atoms with E-state index in [1.807, 2.05) is 20.8 Å². The van der Waals surface area contributed by atoms with Gasteiger partial charge >= 0.3 is 0 Å². The van der Waals surface area contributed by atoms with Crippen LogP contribution in [0.5, 0.6) is 0 Å². The van der Waals surface area contributed by atoms with Crippen molar-refractivity contribution in [1.82, 2.24) is 0 Å². The number of hydrogen-bond donors (Lipinski definition) is 1. The third-order valence-electron chi connectivity index (χ3n) is 2.51. The summed E-state index contributed by atoms with van der Waals surface area (Å²) >= 11 is 0. The molecule has 0 aromatic heterocycles. The van der Waals surface area contributed by atoms with Gasteiger partial charge in [0.2, 0.25) is 5.90 Å². The van der Waals surface area contributed by atoms with E-state index in [-0.39, 0.29) is 17.4 Å². The zero-order valence-electron chi connectivity index (χ0n) is 7.29. The standard InChI is InChI=1S/C8H15NO2/c1-4-6-7(10)9-11-8(6,3)5-2/h6H,4-5H2,1-3H3,(H,9,10). The van der Waals surface area contributed by atoms with E-state index in [1.165, 1.54) is 0 Å². The Balaban J connectivity index is 2.75. The predicted octanol–water partition coefficient (Wildman–Crippen LogP) is 2.08.